The summed E-state index contributed by atoms with van der Waals surface area (Å²) in [6, 6.07) is 12.1. The van der Waals surface area contributed by atoms with Crippen LogP contribution in [0.4, 0.5) is 0 Å². The van der Waals surface area contributed by atoms with Crippen LogP contribution in [0, 0.1) is 0 Å². The zero-order valence-corrected chi connectivity index (χ0v) is 20.0. The lowest BCUT2D eigenvalue weighted by molar-refractivity contribution is -0.132. The second kappa shape index (κ2) is 11.6. The van der Waals surface area contributed by atoms with Gasteiger partial charge in [-0.2, -0.15) is 0 Å². The Morgan fingerprint density at radius 1 is 1.18 bits per heavy atom. The standard InChI is InChI=1S/C25H31N3O5S/c1-2-3-9-26-25(31)23(29)18(12-16-7-5-4-6-8-16)27-24(30)19-13-17-14-20-21(33-11-10-32-20)15-22(17)34-28-19/h4-8,14-15,18-19,23,28-29H,2-3,9-13H2,1H3,(H,26,31)(H,27,30)/t18-,19-,23+/m0/s1. The van der Waals surface area contributed by atoms with Crippen LogP contribution in [0.15, 0.2) is 47.4 Å². The first kappa shape index (κ1) is 24.4. The lowest BCUT2D eigenvalue weighted by atomic mass is 9.99. The third kappa shape index (κ3) is 6.02. The number of carbonyl (C=O) groups is 2. The topological polar surface area (TPSA) is 109 Å². The molecule has 34 heavy (non-hydrogen) atoms. The first-order chi connectivity index (χ1) is 16.5. The maximum atomic E-state index is 13.2. The molecule has 9 heteroatoms. The van der Waals surface area contributed by atoms with E-state index in [0.29, 0.717) is 44.1 Å². The van der Waals surface area contributed by atoms with Gasteiger partial charge in [0.25, 0.3) is 5.91 Å². The Balaban J connectivity index is 1.45. The Hall–Kier alpha value is -2.75. The minimum absolute atomic E-state index is 0.269. The molecular formula is C25H31N3O5S. The number of amides is 2. The molecule has 0 saturated heterocycles. The molecule has 3 atom stereocenters. The van der Waals surface area contributed by atoms with E-state index >= 15 is 0 Å². The van der Waals surface area contributed by atoms with Gasteiger partial charge in [-0.25, -0.2) is 4.72 Å². The Kier molecular flexibility index (Phi) is 8.31. The number of unbranched alkanes of at least 4 members (excludes halogenated alkanes) is 1. The van der Waals surface area contributed by atoms with Gasteiger partial charge in [0.2, 0.25) is 5.91 Å². The van der Waals surface area contributed by atoms with Crippen molar-refractivity contribution in [2.75, 3.05) is 19.8 Å². The molecule has 0 radical (unpaired) electrons. The zero-order valence-electron chi connectivity index (χ0n) is 19.2. The number of aliphatic hydroxyl groups excluding tert-OH is 1. The van der Waals surface area contributed by atoms with E-state index in [0.717, 1.165) is 28.9 Å². The lowest BCUT2D eigenvalue weighted by Crippen LogP contribution is -2.55. The van der Waals surface area contributed by atoms with E-state index in [1.165, 1.54) is 11.9 Å². The van der Waals surface area contributed by atoms with Crippen molar-refractivity contribution in [3.05, 3.63) is 53.6 Å². The van der Waals surface area contributed by atoms with E-state index in [1.807, 2.05) is 49.4 Å². The predicted molar refractivity (Wildman–Crippen MR) is 130 cm³/mol. The summed E-state index contributed by atoms with van der Waals surface area (Å²) in [6.45, 7) is 3.54. The molecule has 0 bridgehead atoms. The van der Waals surface area contributed by atoms with Crippen molar-refractivity contribution in [1.82, 2.24) is 15.4 Å². The molecule has 2 aliphatic rings. The molecule has 2 aliphatic heterocycles. The Morgan fingerprint density at radius 2 is 1.91 bits per heavy atom. The number of carbonyl (C=O) groups excluding carboxylic acids is 2. The molecule has 8 nitrogen and oxygen atoms in total. The van der Waals surface area contributed by atoms with E-state index in [-0.39, 0.29) is 5.91 Å². The number of hydrogen-bond acceptors (Lipinski definition) is 7. The van der Waals surface area contributed by atoms with Crippen LogP contribution in [0.5, 0.6) is 11.5 Å². The summed E-state index contributed by atoms with van der Waals surface area (Å²) < 4.78 is 14.5. The van der Waals surface area contributed by atoms with Gasteiger partial charge < -0.3 is 25.2 Å². The van der Waals surface area contributed by atoms with Crippen molar-refractivity contribution >= 4 is 23.8 Å². The SMILES string of the molecule is CCCCNC(=O)[C@H](O)[C@H](Cc1ccccc1)NC(=O)[C@@H]1Cc2cc3c(cc2SN1)OCCO3. The molecule has 4 N–H and O–H groups in total. The molecular weight excluding hydrogens is 454 g/mol. The number of fused-ring (bicyclic) bond motifs is 2. The normalized spacial score (nSPS) is 18.4. The summed E-state index contributed by atoms with van der Waals surface area (Å²) in [5.41, 5.74) is 1.92. The van der Waals surface area contributed by atoms with Crippen molar-refractivity contribution in [3.63, 3.8) is 0 Å². The fourth-order valence-electron chi connectivity index (χ4n) is 3.98. The number of rotatable bonds is 9. The van der Waals surface area contributed by atoms with Gasteiger partial charge in [-0.1, -0.05) is 43.7 Å². The molecule has 0 aromatic heterocycles. The highest BCUT2D eigenvalue weighted by Crippen LogP contribution is 2.39. The van der Waals surface area contributed by atoms with Crippen LogP contribution in [0.3, 0.4) is 0 Å². The molecule has 0 spiro atoms. The van der Waals surface area contributed by atoms with Crippen LogP contribution in [-0.2, 0) is 22.4 Å². The predicted octanol–water partition coefficient (Wildman–Crippen LogP) is 1.98. The van der Waals surface area contributed by atoms with Gasteiger partial charge in [-0.15, -0.1) is 0 Å². The fourth-order valence-corrected chi connectivity index (χ4v) is 4.88. The third-order valence-electron chi connectivity index (χ3n) is 5.88. The van der Waals surface area contributed by atoms with Crippen molar-refractivity contribution in [1.29, 1.82) is 0 Å². The fraction of sp³-hybridized carbons (Fsp3) is 0.440. The molecule has 2 amide bonds. The van der Waals surface area contributed by atoms with Gasteiger partial charge in [0.05, 0.1) is 6.04 Å². The highest BCUT2D eigenvalue weighted by atomic mass is 32.2. The molecule has 2 heterocycles. The number of nitrogens with one attached hydrogen (secondary N) is 3. The van der Waals surface area contributed by atoms with Crippen LogP contribution in [0.1, 0.15) is 30.9 Å². The van der Waals surface area contributed by atoms with Crippen LogP contribution in [0.25, 0.3) is 0 Å². The second-order valence-corrected chi connectivity index (χ2v) is 9.35. The second-order valence-electron chi connectivity index (χ2n) is 8.47. The Labute approximate surface area is 203 Å². The molecule has 182 valence electrons. The minimum atomic E-state index is -1.36. The average Bonchev–Trinajstić information content (AvgIpc) is 2.87. The molecule has 0 unspecified atom stereocenters. The van der Waals surface area contributed by atoms with E-state index in [9.17, 15) is 14.7 Å². The first-order valence-electron chi connectivity index (χ1n) is 11.7. The van der Waals surface area contributed by atoms with Gasteiger partial charge in [0, 0.05) is 11.4 Å². The summed E-state index contributed by atoms with van der Waals surface area (Å²) in [7, 11) is 0. The Morgan fingerprint density at radius 3 is 2.65 bits per heavy atom. The van der Waals surface area contributed by atoms with E-state index < -0.39 is 24.1 Å². The summed E-state index contributed by atoms with van der Waals surface area (Å²) in [5, 5.41) is 16.5. The third-order valence-corrected chi connectivity index (χ3v) is 6.88. The van der Waals surface area contributed by atoms with E-state index in [1.54, 1.807) is 0 Å². The van der Waals surface area contributed by atoms with Crippen molar-refractivity contribution in [2.24, 2.45) is 0 Å². The maximum absolute atomic E-state index is 13.2. The van der Waals surface area contributed by atoms with Gasteiger partial charge in [-0.3, -0.25) is 9.59 Å². The summed E-state index contributed by atoms with van der Waals surface area (Å²) in [4.78, 5) is 26.7. The number of benzene rings is 2. The summed E-state index contributed by atoms with van der Waals surface area (Å²) >= 11 is 1.37. The van der Waals surface area contributed by atoms with Gasteiger partial charge in [0.15, 0.2) is 17.6 Å². The van der Waals surface area contributed by atoms with Gasteiger partial charge in [-0.05, 0) is 54.5 Å². The number of hydrogen-bond donors (Lipinski definition) is 4. The highest BCUT2D eigenvalue weighted by Gasteiger charge is 2.32. The van der Waals surface area contributed by atoms with Crippen molar-refractivity contribution in [3.8, 4) is 11.5 Å². The molecule has 0 aliphatic carbocycles. The largest absolute Gasteiger partial charge is 0.486 e. The van der Waals surface area contributed by atoms with Crippen molar-refractivity contribution in [2.45, 2.75) is 55.7 Å². The van der Waals surface area contributed by atoms with Gasteiger partial charge in [0.1, 0.15) is 19.3 Å². The van der Waals surface area contributed by atoms with Crippen LogP contribution >= 0.6 is 11.9 Å². The maximum Gasteiger partial charge on any atom is 0.251 e. The van der Waals surface area contributed by atoms with E-state index in [4.69, 9.17) is 9.47 Å². The van der Waals surface area contributed by atoms with Crippen LogP contribution < -0.4 is 24.8 Å². The average molecular weight is 486 g/mol. The summed E-state index contributed by atoms with van der Waals surface area (Å²) in [6.07, 6.45) is 1.20. The lowest BCUT2D eigenvalue weighted by Gasteiger charge is -2.30. The van der Waals surface area contributed by atoms with E-state index in [2.05, 4.69) is 15.4 Å². The molecule has 2 aromatic rings. The Bertz CT molecular complexity index is 1000. The summed E-state index contributed by atoms with van der Waals surface area (Å²) in [5.74, 6) is 0.652. The van der Waals surface area contributed by atoms with Crippen LogP contribution in [0.2, 0.25) is 0 Å². The minimum Gasteiger partial charge on any atom is -0.486 e. The highest BCUT2D eigenvalue weighted by molar-refractivity contribution is 7.97. The molecule has 0 saturated carbocycles. The molecule has 2 aromatic carbocycles. The van der Waals surface area contributed by atoms with Crippen molar-refractivity contribution < 1.29 is 24.2 Å². The first-order valence-corrected chi connectivity index (χ1v) is 12.5. The number of aliphatic hydroxyl groups is 1. The van der Waals surface area contributed by atoms with Gasteiger partial charge >= 0.3 is 0 Å². The van der Waals surface area contributed by atoms with Crippen LogP contribution in [-0.4, -0.2) is 54.9 Å². The molecule has 4 rings (SSSR count). The zero-order chi connectivity index (χ0) is 23.9. The monoisotopic (exact) mass is 485 g/mol. The molecule has 0 fully saturated rings. The quantitative estimate of drug-likeness (QED) is 0.318. The smallest absolute Gasteiger partial charge is 0.251 e. The number of ether oxygens (including phenoxy) is 2.